The van der Waals surface area contributed by atoms with Crippen molar-refractivity contribution in [2.24, 2.45) is 5.92 Å². The van der Waals surface area contributed by atoms with E-state index < -0.39 is 10.0 Å². The number of hydrogen-bond donors (Lipinski definition) is 1. The van der Waals surface area contributed by atoms with Crippen molar-refractivity contribution in [2.45, 2.75) is 31.1 Å². The third kappa shape index (κ3) is 5.81. The average Bonchev–Trinajstić information content (AvgIpc) is 2.67. The van der Waals surface area contributed by atoms with E-state index in [0.717, 1.165) is 6.42 Å². The highest BCUT2D eigenvalue weighted by Gasteiger charge is 2.33. The molecule has 1 amide bonds. The molecule has 0 aromatic heterocycles. The summed E-state index contributed by atoms with van der Waals surface area (Å²) in [5.74, 6) is -0.0185. The number of piperidine rings is 1. The molecule has 27 heavy (non-hydrogen) atoms. The molecule has 1 fully saturated rings. The molecule has 1 aliphatic heterocycles. The molecule has 0 unspecified atom stereocenters. The molecule has 152 valence electrons. The lowest BCUT2D eigenvalue weighted by atomic mass is 9.99. The van der Waals surface area contributed by atoms with E-state index in [-0.39, 0.29) is 28.3 Å². The summed E-state index contributed by atoms with van der Waals surface area (Å²) in [4.78, 5) is 12.4. The van der Waals surface area contributed by atoms with E-state index in [2.05, 4.69) is 5.32 Å². The van der Waals surface area contributed by atoms with Crippen LogP contribution in [0.4, 0.5) is 0 Å². The zero-order valence-electron chi connectivity index (χ0n) is 15.7. The molecule has 9 heteroatoms. The zero-order valence-corrected chi connectivity index (χ0v) is 17.3. The molecule has 1 heterocycles. The Morgan fingerprint density at radius 1 is 1.41 bits per heavy atom. The van der Waals surface area contributed by atoms with Crippen LogP contribution in [0.15, 0.2) is 23.1 Å². The standard InChI is InChI=1S/C18H27ClN2O5S/c1-3-26-17-8-7-15(12-16(17)19)27(23,24)21-10-4-6-14(13-21)18(22)20-9-5-11-25-2/h7-8,12,14H,3-6,9-11,13H2,1-2H3,(H,20,22)/t14-/m1/s1. The number of sulfonamides is 1. The summed E-state index contributed by atoms with van der Waals surface area (Å²) < 4.78 is 37.6. The fourth-order valence-electron chi connectivity index (χ4n) is 3.01. The van der Waals surface area contributed by atoms with Crippen molar-refractivity contribution in [3.63, 3.8) is 0 Å². The van der Waals surface area contributed by atoms with Crippen molar-refractivity contribution in [2.75, 3.05) is 40.0 Å². The number of carbonyl (C=O) groups excluding carboxylic acids is 1. The Kier molecular flexibility index (Phi) is 8.34. The van der Waals surface area contributed by atoms with Gasteiger partial charge in [0.05, 0.1) is 22.4 Å². The Balaban J connectivity index is 2.05. The molecule has 0 aliphatic carbocycles. The zero-order chi connectivity index (χ0) is 19.9. The number of carbonyl (C=O) groups is 1. The molecule has 1 aliphatic rings. The second-order valence-electron chi connectivity index (χ2n) is 6.36. The second kappa shape index (κ2) is 10.3. The summed E-state index contributed by atoms with van der Waals surface area (Å²) in [6.07, 6.45) is 2.04. The van der Waals surface area contributed by atoms with Gasteiger partial charge < -0.3 is 14.8 Å². The highest BCUT2D eigenvalue weighted by atomic mass is 35.5. The van der Waals surface area contributed by atoms with Crippen molar-refractivity contribution >= 4 is 27.5 Å². The van der Waals surface area contributed by atoms with E-state index in [1.807, 2.05) is 6.92 Å². The lowest BCUT2D eigenvalue weighted by Gasteiger charge is -2.31. The highest BCUT2D eigenvalue weighted by Crippen LogP contribution is 2.30. The molecule has 1 saturated heterocycles. The third-order valence-electron chi connectivity index (χ3n) is 4.42. The Hall–Kier alpha value is -1.35. The first kappa shape index (κ1) is 21.9. The Labute approximate surface area is 166 Å². The molecule has 0 spiro atoms. The van der Waals surface area contributed by atoms with Gasteiger partial charge in [-0.3, -0.25) is 4.79 Å². The second-order valence-corrected chi connectivity index (χ2v) is 8.71. The monoisotopic (exact) mass is 418 g/mol. The van der Waals surface area contributed by atoms with Crippen LogP contribution in [0.5, 0.6) is 5.75 Å². The molecule has 2 rings (SSSR count). The minimum atomic E-state index is -3.72. The first-order chi connectivity index (χ1) is 12.9. The molecule has 7 nitrogen and oxygen atoms in total. The molecule has 0 bridgehead atoms. The predicted octanol–water partition coefficient (Wildman–Crippen LogP) is 2.29. The summed E-state index contributed by atoms with van der Waals surface area (Å²) in [5.41, 5.74) is 0. The average molecular weight is 419 g/mol. The lowest BCUT2D eigenvalue weighted by Crippen LogP contribution is -2.45. The van der Waals surface area contributed by atoms with Crippen LogP contribution in [0.2, 0.25) is 5.02 Å². The van der Waals surface area contributed by atoms with Gasteiger partial charge in [-0.05, 0) is 44.4 Å². The van der Waals surface area contributed by atoms with E-state index in [4.69, 9.17) is 21.1 Å². The molecule has 0 radical (unpaired) electrons. The predicted molar refractivity (Wildman–Crippen MR) is 104 cm³/mol. The van der Waals surface area contributed by atoms with E-state index in [9.17, 15) is 13.2 Å². The van der Waals surface area contributed by atoms with E-state index in [0.29, 0.717) is 44.9 Å². The van der Waals surface area contributed by atoms with E-state index in [1.54, 1.807) is 13.2 Å². The number of benzene rings is 1. The number of hydrogen-bond acceptors (Lipinski definition) is 5. The number of nitrogens with one attached hydrogen (secondary N) is 1. The van der Waals surface area contributed by atoms with Crippen molar-refractivity contribution < 1.29 is 22.7 Å². The van der Waals surface area contributed by atoms with Crippen LogP contribution in [0.3, 0.4) is 0 Å². The summed E-state index contributed by atoms with van der Waals surface area (Å²) in [6, 6.07) is 4.44. The van der Waals surface area contributed by atoms with Crippen molar-refractivity contribution in [3.05, 3.63) is 23.2 Å². The maximum atomic E-state index is 13.0. The molecular weight excluding hydrogens is 392 g/mol. The molecule has 1 aromatic rings. The smallest absolute Gasteiger partial charge is 0.243 e. The van der Waals surface area contributed by atoms with Gasteiger partial charge in [0.25, 0.3) is 0 Å². The van der Waals surface area contributed by atoms with Gasteiger partial charge in [-0.1, -0.05) is 11.6 Å². The number of methoxy groups -OCH3 is 1. The molecule has 0 saturated carbocycles. The Morgan fingerprint density at radius 3 is 2.85 bits per heavy atom. The van der Waals surface area contributed by atoms with Gasteiger partial charge in [-0.2, -0.15) is 4.31 Å². The number of amides is 1. The first-order valence-electron chi connectivity index (χ1n) is 9.09. The van der Waals surface area contributed by atoms with E-state index in [1.165, 1.54) is 16.4 Å². The number of ether oxygens (including phenoxy) is 2. The van der Waals surface area contributed by atoms with Crippen LogP contribution < -0.4 is 10.1 Å². The van der Waals surface area contributed by atoms with Gasteiger partial charge in [0.15, 0.2) is 0 Å². The number of rotatable bonds is 9. The summed E-state index contributed by atoms with van der Waals surface area (Å²) in [6.45, 7) is 3.92. The van der Waals surface area contributed by atoms with Crippen LogP contribution >= 0.6 is 11.6 Å². The fraction of sp³-hybridized carbons (Fsp3) is 0.611. The highest BCUT2D eigenvalue weighted by molar-refractivity contribution is 7.89. The number of nitrogens with zero attached hydrogens (tertiary/aromatic N) is 1. The number of halogens is 1. The molecular formula is C18H27ClN2O5S. The van der Waals surface area contributed by atoms with Gasteiger partial charge in [-0.15, -0.1) is 0 Å². The maximum absolute atomic E-state index is 13.0. The third-order valence-corrected chi connectivity index (χ3v) is 6.58. The first-order valence-corrected chi connectivity index (χ1v) is 10.9. The van der Waals surface area contributed by atoms with Gasteiger partial charge in [0, 0.05) is 33.4 Å². The van der Waals surface area contributed by atoms with Gasteiger partial charge in [0.2, 0.25) is 15.9 Å². The van der Waals surface area contributed by atoms with Crippen LogP contribution in [-0.2, 0) is 19.6 Å². The minimum Gasteiger partial charge on any atom is -0.492 e. The van der Waals surface area contributed by atoms with Crippen LogP contribution in [0.1, 0.15) is 26.2 Å². The van der Waals surface area contributed by atoms with Crippen LogP contribution in [-0.4, -0.2) is 58.6 Å². The largest absolute Gasteiger partial charge is 0.492 e. The maximum Gasteiger partial charge on any atom is 0.243 e. The Morgan fingerprint density at radius 2 is 2.19 bits per heavy atom. The Bertz CT molecular complexity index is 741. The fourth-order valence-corrected chi connectivity index (χ4v) is 4.86. The topological polar surface area (TPSA) is 84.9 Å². The van der Waals surface area contributed by atoms with Gasteiger partial charge in [-0.25, -0.2) is 8.42 Å². The molecule has 1 N–H and O–H groups in total. The van der Waals surface area contributed by atoms with Crippen molar-refractivity contribution in [1.82, 2.24) is 9.62 Å². The summed E-state index contributed by atoms with van der Waals surface area (Å²) >= 11 is 6.13. The van der Waals surface area contributed by atoms with Crippen molar-refractivity contribution in [3.8, 4) is 5.75 Å². The lowest BCUT2D eigenvalue weighted by molar-refractivity contribution is -0.126. The summed E-state index contributed by atoms with van der Waals surface area (Å²) in [5, 5.41) is 3.10. The molecule has 1 aromatic carbocycles. The SMILES string of the molecule is CCOc1ccc(S(=O)(=O)N2CCC[C@@H](C(=O)NCCCOC)C2)cc1Cl. The quantitative estimate of drug-likeness (QED) is 0.622. The summed E-state index contributed by atoms with van der Waals surface area (Å²) in [7, 11) is -2.11. The van der Waals surface area contributed by atoms with Gasteiger partial charge >= 0.3 is 0 Å². The molecule has 1 atom stereocenters. The minimum absolute atomic E-state index is 0.108. The van der Waals surface area contributed by atoms with E-state index >= 15 is 0 Å². The van der Waals surface area contributed by atoms with Crippen molar-refractivity contribution in [1.29, 1.82) is 0 Å². The van der Waals surface area contributed by atoms with Crippen LogP contribution in [0, 0.1) is 5.92 Å². The normalized spacial score (nSPS) is 18.3. The van der Waals surface area contributed by atoms with Gasteiger partial charge in [0.1, 0.15) is 5.75 Å². The van der Waals surface area contributed by atoms with Crippen LogP contribution in [0.25, 0.3) is 0 Å².